The molecule has 2 rings (SSSR count). The molecule has 0 heterocycles. The van der Waals surface area contributed by atoms with Crippen LogP contribution in [0, 0.1) is 13.8 Å². The summed E-state index contributed by atoms with van der Waals surface area (Å²) in [4.78, 5) is 20.2. The van der Waals surface area contributed by atoms with E-state index < -0.39 is 0 Å². The number of carbonyl (C=O) groups excluding carboxylic acids is 1. The maximum Gasteiger partial charge on any atom is 0.173 e. The first kappa shape index (κ1) is 19.7. The third-order valence-electron chi connectivity index (χ3n) is 3.92. The molecule has 0 atom stereocenters. The van der Waals surface area contributed by atoms with Crippen LogP contribution in [-0.4, -0.2) is 36.4 Å². The molecule has 0 fully saturated rings. The highest BCUT2D eigenvalue weighted by atomic mass is 79.9. The zero-order valence-corrected chi connectivity index (χ0v) is 17.4. The molecular formula is C20H23BrN2OS. The summed E-state index contributed by atoms with van der Waals surface area (Å²) >= 11 is 4.98. The average molecular weight is 419 g/mol. The molecule has 0 N–H and O–H groups in total. The van der Waals surface area contributed by atoms with Crippen LogP contribution in [0.3, 0.4) is 0 Å². The lowest BCUT2D eigenvalue weighted by molar-refractivity contribution is 0.102. The van der Waals surface area contributed by atoms with Crippen LogP contribution in [0.4, 0.5) is 5.69 Å². The standard InChI is InChI=1S/C20H23BrN2OS/c1-5-23(4)13-22-19-11-14(2)18(10-15(19)3)20(24)12-25-17-8-6-16(21)7-9-17/h6-11,13H,5,12H2,1-4H3. The van der Waals surface area contributed by atoms with Crippen LogP contribution in [0.5, 0.6) is 0 Å². The second kappa shape index (κ2) is 9.20. The summed E-state index contributed by atoms with van der Waals surface area (Å²) in [7, 11) is 1.99. The molecule has 0 unspecified atom stereocenters. The lowest BCUT2D eigenvalue weighted by atomic mass is 10.0. The minimum atomic E-state index is 0.148. The quantitative estimate of drug-likeness (QED) is 0.252. The number of Topliss-reactive ketones (excluding diaryl/α,β-unsaturated/α-hetero) is 1. The van der Waals surface area contributed by atoms with E-state index in [0.717, 1.165) is 38.3 Å². The Morgan fingerprint density at radius 1 is 1.20 bits per heavy atom. The molecule has 0 aliphatic rings. The lowest BCUT2D eigenvalue weighted by Gasteiger charge is -2.11. The van der Waals surface area contributed by atoms with Crippen molar-refractivity contribution in [2.75, 3.05) is 19.3 Å². The van der Waals surface area contributed by atoms with E-state index >= 15 is 0 Å². The Hall–Kier alpha value is -1.59. The van der Waals surface area contributed by atoms with Gasteiger partial charge in [-0.25, -0.2) is 4.99 Å². The molecular weight excluding hydrogens is 396 g/mol. The average Bonchev–Trinajstić information content (AvgIpc) is 2.61. The minimum Gasteiger partial charge on any atom is -0.366 e. The van der Waals surface area contributed by atoms with E-state index in [1.54, 1.807) is 11.8 Å². The van der Waals surface area contributed by atoms with E-state index in [0.29, 0.717) is 5.75 Å². The zero-order chi connectivity index (χ0) is 18.4. The molecule has 132 valence electrons. The second-order valence-corrected chi connectivity index (χ2v) is 7.90. The fourth-order valence-electron chi connectivity index (χ4n) is 2.24. The Morgan fingerprint density at radius 2 is 1.88 bits per heavy atom. The van der Waals surface area contributed by atoms with Crippen LogP contribution in [0.25, 0.3) is 0 Å². The van der Waals surface area contributed by atoms with Gasteiger partial charge in [0.05, 0.1) is 17.8 Å². The molecule has 0 aromatic heterocycles. The van der Waals surface area contributed by atoms with Crippen molar-refractivity contribution in [3.8, 4) is 0 Å². The highest BCUT2D eigenvalue weighted by Crippen LogP contribution is 2.26. The third-order valence-corrected chi connectivity index (χ3v) is 5.46. The maximum absolute atomic E-state index is 12.6. The van der Waals surface area contributed by atoms with Gasteiger partial charge in [-0.2, -0.15) is 0 Å². The fraction of sp³-hybridized carbons (Fsp3) is 0.300. The number of aliphatic imine (C=N–C) groups is 1. The second-order valence-electron chi connectivity index (χ2n) is 5.94. The molecule has 0 aliphatic carbocycles. The number of aryl methyl sites for hydroxylation is 2. The van der Waals surface area contributed by atoms with Gasteiger partial charge in [0.25, 0.3) is 0 Å². The van der Waals surface area contributed by atoms with Crippen molar-refractivity contribution in [2.45, 2.75) is 25.7 Å². The van der Waals surface area contributed by atoms with Gasteiger partial charge in [-0.3, -0.25) is 4.79 Å². The molecule has 0 spiro atoms. The Balaban J connectivity index is 2.10. The van der Waals surface area contributed by atoms with E-state index in [4.69, 9.17) is 0 Å². The molecule has 0 bridgehead atoms. The summed E-state index contributed by atoms with van der Waals surface area (Å²) in [6.45, 7) is 6.95. The summed E-state index contributed by atoms with van der Waals surface area (Å²) in [5.41, 5.74) is 3.68. The van der Waals surface area contributed by atoms with Gasteiger partial charge in [0.1, 0.15) is 0 Å². The summed E-state index contributed by atoms with van der Waals surface area (Å²) in [5, 5.41) is 0. The maximum atomic E-state index is 12.6. The molecule has 0 aliphatic heterocycles. The van der Waals surface area contributed by atoms with Gasteiger partial charge in [0.15, 0.2) is 5.78 Å². The van der Waals surface area contributed by atoms with Crippen LogP contribution in [-0.2, 0) is 0 Å². The number of carbonyl (C=O) groups is 1. The Kier molecular flexibility index (Phi) is 7.26. The van der Waals surface area contributed by atoms with Crippen LogP contribution >= 0.6 is 27.7 Å². The predicted octanol–water partition coefficient (Wildman–Crippen LogP) is 5.65. The van der Waals surface area contributed by atoms with Crippen molar-refractivity contribution in [2.24, 2.45) is 4.99 Å². The third kappa shape index (κ3) is 5.72. The van der Waals surface area contributed by atoms with Gasteiger partial charge in [-0.1, -0.05) is 15.9 Å². The number of benzene rings is 2. The highest BCUT2D eigenvalue weighted by Gasteiger charge is 2.12. The van der Waals surface area contributed by atoms with E-state index in [2.05, 4.69) is 27.8 Å². The molecule has 0 radical (unpaired) electrons. The minimum absolute atomic E-state index is 0.148. The monoisotopic (exact) mass is 418 g/mol. The molecule has 0 saturated heterocycles. The van der Waals surface area contributed by atoms with Crippen molar-refractivity contribution in [1.29, 1.82) is 0 Å². The van der Waals surface area contributed by atoms with Crippen molar-refractivity contribution >= 4 is 45.5 Å². The first-order valence-electron chi connectivity index (χ1n) is 8.18. The Morgan fingerprint density at radius 3 is 2.52 bits per heavy atom. The number of hydrogen-bond donors (Lipinski definition) is 0. The van der Waals surface area contributed by atoms with Gasteiger partial charge < -0.3 is 4.90 Å². The van der Waals surface area contributed by atoms with E-state index in [1.807, 2.05) is 68.5 Å². The molecule has 2 aromatic rings. The fourth-order valence-corrected chi connectivity index (χ4v) is 3.29. The molecule has 25 heavy (non-hydrogen) atoms. The van der Waals surface area contributed by atoms with Crippen molar-refractivity contribution in [3.63, 3.8) is 0 Å². The molecule has 0 amide bonds. The Bertz CT molecular complexity index is 772. The number of rotatable bonds is 7. The van der Waals surface area contributed by atoms with Crippen molar-refractivity contribution in [1.82, 2.24) is 4.90 Å². The van der Waals surface area contributed by atoms with E-state index in [1.165, 1.54) is 0 Å². The van der Waals surface area contributed by atoms with Crippen LogP contribution in [0.2, 0.25) is 0 Å². The first-order chi connectivity index (χ1) is 11.9. The number of halogens is 1. The van der Waals surface area contributed by atoms with Gasteiger partial charge in [-0.05, 0) is 68.3 Å². The number of nitrogens with zero attached hydrogens (tertiary/aromatic N) is 2. The van der Waals surface area contributed by atoms with Crippen LogP contribution in [0.1, 0.15) is 28.4 Å². The van der Waals surface area contributed by atoms with Gasteiger partial charge >= 0.3 is 0 Å². The Labute approximate surface area is 162 Å². The van der Waals surface area contributed by atoms with Gasteiger partial charge in [-0.15, -0.1) is 11.8 Å². The summed E-state index contributed by atoms with van der Waals surface area (Å²) in [6.07, 6.45) is 1.83. The predicted molar refractivity (Wildman–Crippen MR) is 112 cm³/mol. The van der Waals surface area contributed by atoms with Gasteiger partial charge in [0, 0.05) is 28.5 Å². The number of hydrogen-bond acceptors (Lipinski definition) is 3. The molecule has 0 saturated carbocycles. The zero-order valence-electron chi connectivity index (χ0n) is 15.0. The van der Waals surface area contributed by atoms with Crippen molar-refractivity contribution < 1.29 is 4.79 Å². The SMILES string of the molecule is CCN(C)C=Nc1cc(C)c(C(=O)CSc2ccc(Br)cc2)cc1C. The van der Waals surface area contributed by atoms with E-state index in [-0.39, 0.29) is 5.78 Å². The summed E-state index contributed by atoms with van der Waals surface area (Å²) in [6, 6.07) is 12.0. The topological polar surface area (TPSA) is 32.7 Å². The van der Waals surface area contributed by atoms with Gasteiger partial charge in [0.2, 0.25) is 0 Å². The summed E-state index contributed by atoms with van der Waals surface area (Å²) in [5.74, 6) is 0.582. The normalized spacial score (nSPS) is 11.1. The first-order valence-corrected chi connectivity index (χ1v) is 9.95. The number of thioether (sulfide) groups is 1. The molecule has 2 aromatic carbocycles. The molecule has 3 nitrogen and oxygen atoms in total. The largest absolute Gasteiger partial charge is 0.366 e. The van der Waals surface area contributed by atoms with E-state index in [9.17, 15) is 4.79 Å². The lowest BCUT2D eigenvalue weighted by Crippen LogP contribution is -2.14. The van der Waals surface area contributed by atoms with Crippen LogP contribution < -0.4 is 0 Å². The summed E-state index contributed by atoms with van der Waals surface area (Å²) < 4.78 is 1.04. The van der Waals surface area contributed by atoms with Crippen LogP contribution in [0.15, 0.2) is 50.8 Å². The highest BCUT2D eigenvalue weighted by molar-refractivity contribution is 9.10. The smallest absolute Gasteiger partial charge is 0.173 e. The molecule has 5 heteroatoms. The van der Waals surface area contributed by atoms with Crippen molar-refractivity contribution in [3.05, 3.63) is 57.6 Å². The number of ketones is 1.